The molecule has 0 fully saturated rings. The van der Waals surface area contributed by atoms with E-state index >= 15 is 0 Å². The first-order chi connectivity index (χ1) is 15.1. The van der Waals surface area contributed by atoms with Crippen LogP contribution < -0.4 is 4.74 Å². The molecule has 3 heteroatoms. The lowest BCUT2D eigenvalue weighted by molar-refractivity contribution is 0.301. The van der Waals surface area contributed by atoms with Crippen molar-refractivity contribution in [2.75, 3.05) is 6.61 Å². The second-order valence-electron chi connectivity index (χ2n) is 8.69. The van der Waals surface area contributed by atoms with E-state index in [0.29, 0.717) is 12.5 Å². The van der Waals surface area contributed by atoms with Gasteiger partial charge in [-0.3, -0.25) is 0 Å². The van der Waals surface area contributed by atoms with E-state index in [4.69, 9.17) is 9.72 Å². The summed E-state index contributed by atoms with van der Waals surface area (Å²) in [7, 11) is 0. The summed E-state index contributed by atoms with van der Waals surface area (Å²) >= 11 is 0. The van der Waals surface area contributed by atoms with E-state index in [1.807, 2.05) is 30.3 Å². The van der Waals surface area contributed by atoms with Gasteiger partial charge in [0.15, 0.2) is 0 Å². The molecule has 3 nitrogen and oxygen atoms in total. The van der Waals surface area contributed by atoms with Crippen LogP contribution in [-0.2, 0) is 13.0 Å². The first kappa shape index (κ1) is 21.2. The molecule has 4 rings (SSSR count). The molecule has 0 aliphatic carbocycles. The lowest BCUT2D eigenvalue weighted by Crippen LogP contribution is -2.11. The summed E-state index contributed by atoms with van der Waals surface area (Å²) < 4.78 is 8.28. The van der Waals surface area contributed by atoms with E-state index in [1.165, 1.54) is 16.6 Å². The zero-order valence-corrected chi connectivity index (χ0v) is 18.8. The summed E-state index contributed by atoms with van der Waals surface area (Å²) in [5, 5.41) is 0. The van der Waals surface area contributed by atoms with Crippen LogP contribution in [-0.4, -0.2) is 16.2 Å². The monoisotopic (exact) mass is 412 g/mol. The molecule has 0 saturated heterocycles. The average molecular weight is 413 g/mol. The van der Waals surface area contributed by atoms with E-state index in [-0.39, 0.29) is 5.92 Å². The summed E-state index contributed by atoms with van der Waals surface area (Å²) in [6.45, 7) is 8.36. The molecule has 0 amide bonds. The minimum absolute atomic E-state index is 0.232. The molecular formula is C28H32N2O. The van der Waals surface area contributed by atoms with Gasteiger partial charge in [0.1, 0.15) is 11.6 Å². The van der Waals surface area contributed by atoms with E-state index in [2.05, 4.69) is 73.9 Å². The average Bonchev–Trinajstić information content (AvgIpc) is 3.16. The van der Waals surface area contributed by atoms with Gasteiger partial charge in [-0.1, -0.05) is 75.4 Å². The first-order valence-electron chi connectivity index (χ1n) is 11.3. The molecule has 1 aromatic heterocycles. The molecule has 1 atom stereocenters. The van der Waals surface area contributed by atoms with Crippen molar-refractivity contribution in [3.63, 3.8) is 0 Å². The molecule has 0 radical (unpaired) electrons. The third-order valence-corrected chi connectivity index (χ3v) is 5.73. The van der Waals surface area contributed by atoms with Crippen LogP contribution >= 0.6 is 0 Å². The van der Waals surface area contributed by atoms with Gasteiger partial charge in [0.25, 0.3) is 0 Å². The van der Waals surface area contributed by atoms with Crippen molar-refractivity contribution >= 4 is 11.0 Å². The Hall–Kier alpha value is -3.07. The van der Waals surface area contributed by atoms with Gasteiger partial charge in [0, 0.05) is 12.5 Å². The van der Waals surface area contributed by atoms with Crippen molar-refractivity contribution in [2.24, 2.45) is 5.92 Å². The Balaban J connectivity index is 1.52. The maximum atomic E-state index is 5.91. The highest BCUT2D eigenvalue weighted by Gasteiger charge is 2.18. The second kappa shape index (κ2) is 9.82. The summed E-state index contributed by atoms with van der Waals surface area (Å²) in [6.07, 6.45) is 2.05. The van der Waals surface area contributed by atoms with Crippen LogP contribution in [0.2, 0.25) is 0 Å². The molecule has 1 heterocycles. The number of ether oxygens (including phenoxy) is 1. The standard InChI is InChI=1S/C28H32N2O/c1-21(2)20-23-14-16-24(17-15-23)22(3)28-29-26-12-7-8-13-27(26)30(28)18-9-19-31-25-10-5-4-6-11-25/h4-8,10-17,21-22H,9,18-20H2,1-3H3/t22-/m1/s1. The minimum Gasteiger partial charge on any atom is -0.494 e. The summed E-state index contributed by atoms with van der Waals surface area (Å²) in [6, 6.07) is 27.5. The quantitative estimate of drug-likeness (QED) is 0.281. The maximum absolute atomic E-state index is 5.91. The highest BCUT2D eigenvalue weighted by molar-refractivity contribution is 5.76. The number of nitrogens with zero attached hydrogens (tertiary/aromatic N) is 2. The first-order valence-corrected chi connectivity index (χ1v) is 11.3. The number of benzene rings is 3. The summed E-state index contributed by atoms with van der Waals surface area (Å²) in [5.41, 5.74) is 4.97. The van der Waals surface area contributed by atoms with E-state index in [0.717, 1.165) is 36.5 Å². The predicted octanol–water partition coefficient (Wildman–Crippen LogP) is 6.86. The fourth-order valence-electron chi connectivity index (χ4n) is 4.15. The van der Waals surface area contributed by atoms with Crippen LogP contribution in [0.5, 0.6) is 5.75 Å². The number of hydrogen-bond acceptors (Lipinski definition) is 2. The Bertz CT molecular complexity index is 1100. The van der Waals surface area contributed by atoms with Crippen LogP contribution in [0.15, 0.2) is 78.9 Å². The lowest BCUT2D eigenvalue weighted by Gasteiger charge is -2.16. The summed E-state index contributed by atoms with van der Waals surface area (Å²) in [4.78, 5) is 5.02. The topological polar surface area (TPSA) is 27.1 Å². The lowest BCUT2D eigenvalue weighted by atomic mass is 9.96. The van der Waals surface area contributed by atoms with E-state index in [1.54, 1.807) is 0 Å². The molecular weight excluding hydrogens is 380 g/mol. The van der Waals surface area contributed by atoms with Crippen molar-refractivity contribution in [1.82, 2.24) is 9.55 Å². The van der Waals surface area contributed by atoms with Crippen molar-refractivity contribution in [2.45, 2.75) is 46.1 Å². The maximum Gasteiger partial charge on any atom is 0.119 e. The number of rotatable bonds is 9. The van der Waals surface area contributed by atoms with Crippen molar-refractivity contribution < 1.29 is 4.74 Å². The van der Waals surface area contributed by atoms with Crippen molar-refractivity contribution in [3.05, 3.63) is 95.8 Å². The van der Waals surface area contributed by atoms with Gasteiger partial charge in [-0.2, -0.15) is 0 Å². The fraction of sp³-hybridized carbons (Fsp3) is 0.321. The molecule has 0 aliphatic rings. The normalized spacial score (nSPS) is 12.4. The van der Waals surface area contributed by atoms with Gasteiger partial charge < -0.3 is 9.30 Å². The molecule has 0 unspecified atom stereocenters. The highest BCUT2D eigenvalue weighted by atomic mass is 16.5. The van der Waals surface area contributed by atoms with Gasteiger partial charge in [0.2, 0.25) is 0 Å². The van der Waals surface area contributed by atoms with Gasteiger partial charge >= 0.3 is 0 Å². The Morgan fingerprint density at radius 3 is 2.29 bits per heavy atom. The van der Waals surface area contributed by atoms with Crippen LogP contribution in [0, 0.1) is 5.92 Å². The van der Waals surface area contributed by atoms with Gasteiger partial charge in [-0.15, -0.1) is 0 Å². The molecule has 0 aliphatic heterocycles. The Morgan fingerprint density at radius 1 is 0.839 bits per heavy atom. The van der Waals surface area contributed by atoms with Crippen LogP contribution in [0.25, 0.3) is 11.0 Å². The third kappa shape index (κ3) is 5.16. The van der Waals surface area contributed by atoms with Crippen molar-refractivity contribution in [1.29, 1.82) is 0 Å². The van der Waals surface area contributed by atoms with Gasteiger partial charge in [-0.25, -0.2) is 4.98 Å². The molecule has 31 heavy (non-hydrogen) atoms. The number of fused-ring (bicyclic) bond motifs is 1. The molecule has 0 spiro atoms. The number of para-hydroxylation sites is 3. The molecule has 160 valence electrons. The molecule has 0 bridgehead atoms. The SMILES string of the molecule is CC(C)Cc1ccc([C@@H](C)c2nc3ccccc3n2CCCOc2ccccc2)cc1. The molecule has 0 N–H and O–H groups in total. The minimum atomic E-state index is 0.232. The number of aryl methyl sites for hydroxylation is 1. The number of hydrogen-bond donors (Lipinski definition) is 0. The molecule has 4 aromatic rings. The van der Waals surface area contributed by atoms with Gasteiger partial charge in [0.05, 0.1) is 17.6 Å². The molecule has 0 saturated carbocycles. The second-order valence-corrected chi connectivity index (χ2v) is 8.69. The van der Waals surface area contributed by atoms with Crippen LogP contribution in [0.3, 0.4) is 0 Å². The van der Waals surface area contributed by atoms with Crippen LogP contribution in [0.4, 0.5) is 0 Å². The van der Waals surface area contributed by atoms with E-state index in [9.17, 15) is 0 Å². The van der Waals surface area contributed by atoms with E-state index < -0.39 is 0 Å². The fourth-order valence-corrected chi connectivity index (χ4v) is 4.15. The smallest absolute Gasteiger partial charge is 0.119 e. The van der Waals surface area contributed by atoms with Gasteiger partial charge in [-0.05, 0) is 54.2 Å². The molecule has 3 aromatic carbocycles. The Labute approximate surface area is 185 Å². The Kier molecular flexibility index (Phi) is 6.71. The van der Waals surface area contributed by atoms with Crippen molar-refractivity contribution in [3.8, 4) is 5.75 Å². The Morgan fingerprint density at radius 2 is 1.55 bits per heavy atom. The highest BCUT2D eigenvalue weighted by Crippen LogP contribution is 2.28. The summed E-state index contributed by atoms with van der Waals surface area (Å²) in [5.74, 6) is 2.95. The third-order valence-electron chi connectivity index (χ3n) is 5.73. The number of imidazole rings is 1. The van der Waals surface area contributed by atoms with Crippen LogP contribution in [0.1, 0.15) is 50.1 Å². The largest absolute Gasteiger partial charge is 0.494 e. The number of aromatic nitrogens is 2. The zero-order valence-electron chi connectivity index (χ0n) is 18.8. The zero-order chi connectivity index (χ0) is 21.6. The predicted molar refractivity (Wildman–Crippen MR) is 129 cm³/mol.